The first-order valence-electron chi connectivity index (χ1n) is 7.18. The number of rotatable bonds is 8. The molecule has 1 amide bonds. The molecule has 5 heteroatoms. The number of carbonyl (C=O) groups excluding carboxylic acids is 2. The third-order valence-corrected chi connectivity index (χ3v) is 3.01. The van der Waals surface area contributed by atoms with Crippen LogP contribution in [0, 0.1) is 6.92 Å². The highest BCUT2D eigenvalue weighted by Crippen LogP contribution is 2.16. The molecular formula is C16H24N2O3. The van der Waals surface area contributed by atoms with Crippen molar-refractivity contribution in [3.8, 4) is 0 Å². The molecule has 0 aromatic heterocycles. The minimum absolute atomic E-state index is 0.0166. The van der Waals surface area contributed by atoms with Gasteiger partial charge in [-0.1, -0.05) is 12.1 Å². The lowest BCUT2D eigenvalue weighted by molar-refractivity contribution is -0.140. The molecule has 0 fully saturated rings. The molecule has 0 aliphatic carbocycles. The predicted molar refractivity (Wildman–Crippen MR) is 83.3 cm³/mol. The molecule has 0 spiro atoms. The molecule has 5 nitrogen and oxygen atoms in total. The SMILES string of the molecule is CC(=O)NCCCN(CCOC(C)=O)c1cccc(C)c1. The Morgan fingerprint density at radius 1 is 1.24 bits per heavy atom. The molecule has 0 unspecified atom stereocenters. The summed E-state index contributed by atoms with van der Waals surface area (Å²) in [5.74, 6) is -0.283. The topological polar surface area (TPSA) is 58.6 Å². The second-order valence-corrected chi connectivity index (χ2v) is 5.00. The van der Waals surface area contributed by atoms with E-state index >= 15 is 0 Å². The van der Waals surface area contributed by atoms with Crippen LogP contribution in [0.3, 0.4) is 0 Å². The van der Waals surface area contributed by atoms with E-state index in [-0.39, 0.29) is 11.9 Å². The van der Waals surface area contributed by atoms with E-state index in [1.807, 2.05) is 25.1 Å². The van der Waals surface area contributed by atoms with E-state index in [1.165, 1.54) is 19.4 Å². The number of hydrogen-bond donors (Lipinski definition) is 1. The summed E-state index contributed by atoms with van der Waals surface area (Å²) in [5, 5.41) is 2.79. The minimum atomic E-state index is -0.266. The van der Waals surface area contributed by atoms with Crippen LogP contribution in [-0.2, 0) is 14.3 Å². The van der Waals surface area contributed by atoms with E-state index in [4.69, 9.17) is 4.74 Å². The summed E-state index contributed by atoms with van der Waals surface area (Å²) in [6.07, 6.45) is 0.841. The van der Waals surface area contributed by atoms with Crippen molar-refractivity contribution < 1.29 is 14.3 Å². The standard InChI is InChI=1S/C16H24N2O3/c1-13-6-4-7-16(12-13)18(10-11-21-15(3)20)9-5-8-17-14(2)19/h4,6-7,12H,5,8-11H2,1-3H3,(H,17,19). The van der Waals surface area contributed by atoms with E-state index in [2.05, 4.69) is 16.3 Å². The molecule has 0 aliphatic heterocycles. The summed E-state index contributed by atoms with van der Waals surface area (Å²) < 4.78 is 5.02. The third-order valence-electron chi connectivity index (χ3n) is 3.01. The zero-order valence-electron chi connectivity index (χ0n) is 13.0. The molecule has 0 bridgehead atoms. The number of nitrogens with one attached hydrogen (secondary N) is 1. The van der Waals surface area contributed by atoms with Crippen LogP contribution in [0.25, 0.3) is 0 Å². The summed E-state index contributed by atoms with van der Waals surface area (Å²) in [7, 11) is 0. The van der Waals surface area contributed by atoms with Gasteiger partial charge in [0.2, 0.25) is 5.91 Å². The van der Waals surface area contributed by atoms with Crippen LogP contribution in [0.15, 0.2) is 24.3 Å². The number of ether oxygens (including phenoxy) is 1. The Morgan fingerprint density at radius 2 is 2.00 bits per heavy atom. The molecule has 0 atom stereocenters. The molecule has 116 valence electrons. The molecular weight excluding hydrogens is 268 g/mol. The first-order chi connectivity index (χ1) is 9.99. The van der Waals surface area contributed by atoms with E-state index < -0.39 is 0 Å². The van der Waals surface area contributed by atoms with Crippen LogP contribution in [0.2, 0.25) is 0 Å². The van der Waals surface area contributed by atoms with Gasteiger partial charge in [-0.05, 0) is 31.0 Å². The van der Waals surface area contributed by atoms with Crippen molar-refractivity contribution in [2.45, 2.75) is 27.2 Å². The second-order valence-electron chi connectivity index (χ2n) is 5.00. The molecule has 0 saturated heterocycles. The van der Waals surface area contributed by atoms with Gasteiger partial charge in [0, 0.05) is 32.6 Å². The van der Waals surface area contributed by atoms with Crippen molar-refractivity contribution in [3.63, 3.8) is 0 Å². The second kappa shape index (κ2) is 9.00. The third kappa shape index (κ3) is 7.34. The molecule has 1 rings (SSSR count). The average Bonchev–Trinajstić information content (AvgIpc) is 2.40. The van der Waals surface area contributed by atoms with Gasteiger partial charge in [-0.15, -0.1) is 0 Å². The number of benzene rings is 1. The maximum Gasteiger partial charge on any atom is 0.302 e. The molecule has 21 heavy (non-hydrogen) atoms. The maximum absolute atomic E-state index is 10.9. The van der Waals surface area contributed by atoms with Crippen molar-refractivity contribution in [1.29, 1.82) is 0 Å². The maximum atomic E-state index is 10.9. The van der Waals surface area contributed by atoms with Gasteiger partial charge in [0.15, 0.2) is 0 Å². The quantitative estimate of drug-likeness (QED) is 0.587. The van der Waals surface area contributed by atoms with Crippen LogP contribution in [0.5, 0.6) is 0 Å². The van der Waals surface area contributed by atoms with Gasteiger partial charge in [0.05, 0.1) is 6.54 Å². The van der Waals surface area contributed by atoms with Gasteiger partial charge in [0.25, 0.3) is 0 Å². The molecule has 1 N–H and O–H groups in total. The Labute approximate surface area is 126 Å². The molecule has 0 radical (unpaired) electrons. The Morgan fingerprint density at radius 3 is 2.62 bits per heavy atom. The molecule has 0 heterocycles. The smallest absolute Gasteiger partial charge is 0.302 e. The highest BCUT2D eigenvalue weighted by molar-refractivity contribution is 5.72. The predicted octanol–water partition coefficient (Wildman–Crippen LogP) is 1.89. The zero-order valence-corrected chi connectivity index (χ0v) is 13.0. The van der Waals surface area contributed by atoms with Gasteiger partial charge in [-0.25, -0.2) is 0 Å². The summed E-state index contributed by atoms with van der Waals surface area (Å²) in [5.41, 5.74) is 2.29. The Bertz CT molecular complexity index is 474. The molecule has 0 aliphatic rings. The van der Waals surface area contributed by atoms with Crippen LogP contribution < -0.4 is 10.2 Å². The van der Waals surface area contributed by atoms with Crippen molar-refractivity contribution >= 4 is 17.6 Å². The Kier molecular flexibility index (Phi) is 7.29. The number of anilines is 1. The van der Waals surface area contributed by atoms with Crippen LogP contribution in [0.4, 0.5) is 5.69 Å². The largest absolute Gasteiger partial charge is 0.464 e. The van der Waals surface area contributed by atoms with E-state index in [0.717, 1.165) is 18.7 Å². The highest BCUT2D eigenvalue weighted by Gasteiger charge is 2.07. The van der Waals surface area contributed by atoms with Gasteiger partial charge in [0.1, 0.15) is 6.61 Å². The van der Waals surface area contributed by atoms with E-state index in [0.29, 0.717) is 19.7 Å². The van der Waals surface area contributed by atoms with E-state index in [1.54, 1.807) is 0 Å². The van der Waals surface area contributed by atoms with Crippen molar-refractivity contribution in [1.82, 2.24) is 5.32 Å². The van der Waals surface area contributed by atoms with Gasteiger partial charge >= 0.3 is 5.97 Å². The highest BCUT2D eigenvalue weighted by atomic mass is 16.5. The lowest BCUT2D eigenvalue weighted by Crippen LogP contribution is -2.32. The van der Waals surface area contributed by atoms with Gasteiger partial charge in [-0.3, -0.25) is 9.59 Å². The fraction of sp³-hybridized carbons (Fsp3) is 0.500. The average molecular weight is 292 g/mol. The van der Waals surface area contributed by atoms with Crippen molar-refractivity contribution in [3.05, 3.63) is 29.8 Å². The number of amides is 1. The molecule has 1 aromatic carbocycles. The lowest BCUT2D eigenvalue weighted by Gasteiger charge is -2.25. The zero-order chi connectivity index (χ0) is 15.7. The van der Waals surface area contributed by atoms with Gasteiger partial charge in [-0.2, -0.15) is 0 Å². The van der Waals surface area contributed by atoms with Crippen LogP contribution in [0.1, 0.15) is 25.8 Å². The minimum Gasteiger partial charge on any atom is -0.464 e. The van der Waals surface area contributed by atoms with Crippen molar-refractivity contribution in [2.24, 2.45) is 0 Å². The normalized spacial score (nSPS) is 10.0. The summed E-state index contributed by atoms with van der Waals surface area (Å²) >= 11 is 0. The Hall–Kier alpha value is -2.04. The fourth-order valence-corrected chi connectivity index (χ4v) is 2.03. The Balaban J connectivity index is 2.56. The van der Waals surface area contributed by atoms with E-state index in [9.17, 15) is 9.59 Å². The number of aryl methyl sites for hydroxylation is 1. The summed E-state index contributed by atoms with van der Waals surface area (Å²) in [4.78, 5) is 23.9. The first kappa shape index (κ1) is 17.0. The number of carbonyl (C=O) groups is 2. The number of esters is 1. The number of hydrogen-bond acceptors (Lipinski definition) is 4. The van der Waals surface area contributed by atoms with Crippen LogP contribution in [-0.4, -0.2) is 38.1 Å². The van der Waals surface area contributed by atoms with Gasteiger partial charge < -0.3 is 15.0 Å². The fourth-order valence-electron chi connectivity index (χ4n) is 2.03. The molecule has 0 saturated carbocycles. The summed E-state index contributed by atoms with van der Waals surface area (Å²) in [6.45, 7) is 7.42. The molecule has 1 aromatic rings. The lowest BCUT2D eigenvalue weighted by atomic mass is 10.2. The van der Waals surface area contributed by atoms with Crippen LogP contribution >= 0.6 is 0 Å². The number of nitrogens with zero attached hydrogens (tertiary/aromatic N) is 1. The monoisotopic (exact) mass is 292 g/mol. The summed E-state index contributed by atoms with van der Waals surface area (Å²) in [6, 6.07) is 8.20. The van der Waals surface area contributed by atoms with Crippen molar-refractivity contribution in [2.75, 3.05) is 31.1 Å². The first-order valence-corrected chi connectivity index (χ1v) is 7.18.